The Morgan fingerprint density at radius 2 is 2.00 bits per heavy atom. The molecule has 0 aromatic carbocycles. The van der Waals surface area contributed by atoms with Gasteiger partial charge < -0.3 is 5.11 Å². The van der Waals surface area contributed by atoms with E-state index in [1.807, 2.05) is 6.92 Å². The fraction of sp³-hybridized carbons (Fsp3) is 0.786. The van der Waals surface area contributed by atoms with Crippen molar-refractivity contribution >= 4 is 5.97 Å². The number of nitrogens with zero attached hydrogens (tertiary/aromatic N) is 3. The average molecular weight is 265 g/mol. The second-order valence-corrected chi connectivity index (χ2v) is 6.05. The van der Waals surface area contributed by atoms with Crippen molar-refractivity contribution in [3.05, 3.63) is 11.6 Å². The number of aliphatic carboxylic acids is 1. The minimum Gasteiger partial charge on any atom is -0.480 e. The number of hydrogen-bond donors (Lipinski definition) is 1. The number of carboxylic acids is 1. The average Bonchev–Trinajstić information content (AvgIpc) is 2.95. The van der Waals surface area contributed by atoms with Crippen molar-refractivity contribution in [2.45, 2.75) is 64.8 Å². The molecule has 0 unspecified atom stereocenters. The van der Waals surface area contributed by atoms with Crippen LogP contribution < -0.4 is 0 Å². The van der Waals surface area contributed by atoms with Gasteiger partial charge in [-0.05, 0) is 33.1 Å². The summed E-state index contributed by atoms with van der Waals surface area (Å²) in [5.41, 5.74) is -0.988. The Morgan fingerprint density at radius 1 is 1.37 bits per heavy atom. The van der Waals surface area contributed by atoms with Gasteiger partial charge in [0.25, 0.3) is 0 Å². The molecule has 0 saturated heterocycles. The monoisotopic (exact) mass is 265 g/mol. The van der Waals surface area contributed by atoms with Gasteiger partial charge in [-0.25, -0.2) is 4.79 Å². The van der Waals surface area contributed by atoms with Crippen LogP contribution in [-0.2, 0) is 16.8 Å². The predicted octanol–water partition coefficient (Wildman–Crippen LogP) is 2.53. The number of aryl methyl sites for hydroxylation is 2. The third-order valence-corrected chi connectivity index (χ3v) is 4.23. The Hall–Kier alpha value is -1.39. The normalized spacial score (nSPS) is 17.0. The number of carbonyl (C=O) groups is 1. The molecule has 5 nitrogen and oxygen atoms in total. The second kappa shape index (κ2) is 5.31. The van der Waals surface area contributed by atoms with Crippen LogP contribution in [0.25, 0.3) is 0 Å². The van der Waals surface area contributed by atoms with E-state index in [4.69, 9.17) is 0 Å². The Balaban J connectivity index is 2.15. The molecule has 106 valence electrons. The first-order valence-electron chi connectivity index (χ1n) is 7.07. The predicted molar refractivity (Wildman–Crippen MR) is 72.0 cm³/mol. The lowest BCUT2D eigenvalue weighted by molar-refractivity contribution is -0.145. The van der Waals surface area contributed by atoms with Gasteiger partial charge in [-0.1, -0.05) is 25.7 Å². The van der Waals surface area contributed by atoms with Crippen molar-refractivity contribution in [1.82, 2.24) is 14.8 Å². The third-order valence-electron chi connectivity index (χ3n) is 4.23. The molecule has 0 atom stereocenters. The molecule has 0 bridgehead atoms. The molecule has 1 fully saturated rings. The van der Waals surface area contributed by atoms with E-state index in [0.29, 0.717) is 5.82 Å². The molecule has 0 amide bonds. The van der Waals surface area contributed by atoms with E-state index in [1.165, 1.54) is 25.7 Å². The highest BCUT2D eigenvalue weighted by atomic mass is 16.4. The van der Waals surface area contributed by atoms with Crippen LogP contribution >= 0.6 is 0 Å². The lowest BCUT2D eigenvalue weighted by atomic mass is 10.0. The van der Waals surface area contributed by atoms with Crippen LogP contribution in [0, 0.1) is 12.8 Å². The molecule has 19 heavy (non-hydrogen) atoms. The molecular weight excluding hydrogens is 242 g/mol. The molecule has 1 N–H and O–H groups in total. The van der Waals surface area contributed by atoms with Gasteiger partial charge in [0.1, 0.15) is 17.2 Å². The lowest BCUT2D eigenvalue weighted by Gasteiger charge is -2.24. The Labute approximate surface area is 114 Å². The van der Waals surface area contributed by atoms with Gasteiger partial charge in [0, 0.05) is 6.42 Å². The van der Waals surface area contributed by atoms with Crippen LogP contribution in [-0.4, -0.2) is 25.8 Å². The van der Waals surface area contributed by atoms with Gasteiger partial charge in [0.2, 0.25) is 0 Å². The van der Waals surface area contributed by atoms with Crippen molar-refractivity contribution in [3.63, 3.8) is 0 Å². The smallest absolute Gasteiger partial charge is 0.329 e. The largest absolute Gasteiger partial charge is 0.480 e. The van der Waals surface area contributed by atoms with Crippen molar-refractivity contribution in [2.24, 2.45) is 5.92 Å². The summed E-state index contributed by atoms with van der Waals surface area (Å²) >= 11 is 0. The summed E-state index contributed by atoms with van der Waals surface area (Å²) in [6.45, 7) is 5.21. The summed E-state index contributed by atoms with van der Waals surface area (Å²) in [6.07, 6.45) is 7.18. The Bertz CT molecular complexity index is 459. The minimum atomic E-state index is -0.988. The van der Waals surface area contributed by atoms with E-state index in [0.717, 1.165) is 24.6 Å². The van der Waals surface area contributed by atoms with Gasteiger partial charge in [0.15, 0.2) is 0 Å². The van der Waals surface area contributed by atoms with Crippen molar-refractivity contribution in [1.29, 1.82) is 0 Å². The molecule has 1 heterocycles. The second-order valence-electron chi connectivity index (χ2n) is 6.05. The van der Waals surface area contributed by atoms with Crippen molar-refractivity contribution < 1.29 is 9.90 Å². The van der Waals surface area contributed by atoms with Gasteiger partial charge >= 0.3 is 5.97 Å². The molecule has 0 aliphatic heterocycles. The maximum Gasteiger partial charge on any atom is 0.329 e. The summed E-state index contributed by atoms with van der Waals surface area (Å²) in [6, 6.07) is 0. The molecule has 2 rings (SSSR count). The Kier molecular flexibility index (Phi) is 3.92. The molecule has 1 aromatic heterocycles. The van der Waals surface area contributed by atoms with Gasteiger partial charge in [0.05, 0.1) is 0 Å². The van der Waals surface area contributed by atoms with Crippen LogP contribution in [0.4, 0.5) is 0 Å². The van der Waals surface area contributed by atoms with E-state index < -0.39 is 11.5 Å². The first-order chi connectivity index (χ1) is 8.93. The maximum atomic E-state index is 11.4. The zero-order valence-corrected chi connectivity index (χ0v) is 12.0. The van der Waals surface area contributed by atoms with E-state index in [1.54, 1.807) is 18.4 Å². The first kappa shape index (κ1) is 14.0. The van der Waals surface area contributed by atoms with Crippen LogP contribution in [0.3, 0.4) is 0 Å². The van der Waals surface area contributed by atoms with Crippen LogP contribution in [0.1, 0.15) is 57.6 Å². The maximum absolute atomic E-state index is 11.4. The fourth-order valence-electron chi connectivity index (χ4n) is 3.02. The number of aromatic nitrogens is 3. The highest BCUT2D eigenvalue weighted by Crippen LogP contribution is 2.29. The quantitative estimate of drug-likeness (QED) is 0.888. The van der Waals surface area contributed by atoms with Crippen molar-refractivity contribution in [3.8, 4) is 0 Å². The molecule has 1 aliphatic rings. The SMILES string of the molecule is Cc1nnc(CCC2CCCC2)n1C(C)(C)C(=O)O. The molecule has 0 radical (unpaired) electrons. The third kappa shape index (κ3) is 2.80. The van der Waals surface area contributed by atoms with Gasteiger partial charge in [-0.2, -0.15) is 0 Å². The minimum absolute atomic E-state index is 0.675. The highest BCUT2D eigenvalue weighted by molar-refractivity contribution is 5.75. The summed E-state index contributed by atoms with van der Waals surface area (Å²) in [5, 5.41) is 17.6. The van der Waals surface area contributed by atoms with Gasteiger partial charge in [-0.3, -0.25) is 4.57 Å². The molecule has 1 saturated carbocycles. The lowest BCUT2D eigenvalue weighted by Crippen LogP contribution is -2.37. The summed E-state index contributed by atoms with van der Waals surface area (Å²) < 4.78 is 1.77. The van der Waals surface area contributed by atoms with E-state index >= 15 is 0 Å². The standard InChI is InChI=1S/C14H23N3O2/c1-10-15-16-12(9-8-11-6-4-5-7-11)17(10)14(2,3)13(18)19/h11H,4-9H2,1-3H3,(H,18,19). The molecular formula is C14H23N3O2. The summed E-state index contributed by atoms with van der Waals surface area (Å²) in [5.74, 6) is 1.40. The topological polar surface area (TPSA) is 68.0 Å². The molecule has 1 aromatic rings. The zero-order chi connectivity index (χ0) is 14.0. The molecule has 5 heteroatoms. The Morgan fingerprint density at radius 3 is 2.58 bits per heavy atom. The fourth-order valence-corrected chi connectivity index (χ4v) is 3.02. The summed E-state index contributed by atoms with van der Waals surface area (Å²) in [7, 11) is 0. The number of rotatable bonds is 5. The highest BCUT2D eigenvalue weighted by Gasteiger charge is 2.33. The molecule has 0 spiro atoms. The zero-order valence-electron chi connectivity index (χ0n) is 12.0. The van der Waals surface area contributed by atoms with E-state index in [-0.39, 0.29) is 0 Å². The van der Waals surface area contributed by atoms with E-state index in [2.05, 4.69) is 10.2 Å². The van der Waals surface area contributed by atoms with Gasteiger partial charge in [-0.15, -0.1) is 10.2 Å². The molecule has 1 aliphatic carbocycles. The van der Waals surface area contributed by atoms with Crippen LogP contribution in [0.5, 0.6) is 0 Å². The van der Waals surface area contributed by atoms with Crippen LogP contribution in [0.15, 0.2) is 0 Å². The van der Waals surface area contributed by atoms with Crippen LogP contribution in [0.2, 0.25) is 0 Å². The summed E-state index contributed by atoms with van der Waals surface area (Å²) in [4.78, 5) is 11.4. The van der Waals surface area contributed by atoms with E-state index in [9.17, 15) is 9.90 Å². The number of carboxylic acid groups (broad SMARTS) is 1. The van der Waals surface area contributed by atoms with Crippen molar-refractivity contribution in [2.75, 3.05) is 0 Å². The number of hydrogen-bond acceptors (Lipinski definition) is 3. The first-order valence-corrected chi connectivity index (χ1v) is 7.07.